The van der Waals surface area contributed by atoms with E-state index in [1.807, 2.05) is 0 Å². The van der Waals surface area contributed by atoms with Gasteiger partial charge in [-0.25, -0.2) is 4.79 Å². The van der Waals surface area contributed by atoms with Gasteiger partial charge in [0.15, 0.2) is 0 Å². The van der Waals surface area contributed by atoms with Crippen molar-refractivity contribution in [1.29, 1.82) is 0 Å². The number of carbonyl (C=O) groups excluding carboxylic acids is 1. The van der Waals surface area contributed by atoms with Crippen molar-refractivity contribution in [1.82, 2.24) is 20.4 Å². The number of hydrogen-bond acceptors (Lipinski definition) is 4. The maximum absolute atomic E-state index is 12.0. The lowest BCUT2D eigenvalue weighted by Gasteiger charge is -2.45. The number of piperazine rings is 1. The van der Waals surface area contributed by atoms with Crippen LogP contribution in [0.3, 0.4) is 0 Å². The Balaban J connectivity index is 1.64. The Morgan fingerprint density at radius 1 is 1.36 bits per heavy atom. The van der Waals surface area contributed by atoms with Gasteiger partial charge in [-0.3, -0.25) is 9.80 Å². The molecule has 1 atom stereocenters. The first-order valence-corrected chi connectivity index (χ1v) is 8.39. The van der Waals surface area contributed by atoms with Crippen LogP contribution in [-0.2, 0) is 4.74 Å². The quantitative estimate of drug-likeness (QED) is 0.728. The third kappa shape index (κ3) is 5.11. The van der Waals surface area contributed by atoms with Gasteiger partial charge in [0.2, 0.25) is 0 Å². The Labute approximate surface area is 134 Å². The first-order chi connectivity index (χ1) is 10.4. The van der Waals surface area contributed by atoms with Gasteiger partial charge < -0.3 is 15.4 Å². The number of nitrogens with one attached hydrogen (secondary N) is 2. The van der Waals surface area contributed by atoms with Crippen LogP contribution in [0.15, 0.2) is 0 Å². The zero-order valence-electron chi connectivity index (χ0n) is 14.5. The van der Waals surface area contributed by atoms with Crippen LogP contribution < -0.4 is 10.6 Å². The van der Waals surface area contributed by atoms with Crippen molar-refractivity contribution in [3.63, 3.8) is 0 Å². The molecule has 2 rings (SSSR count). The number of likely N-dealkylation sites (N-methyl/N-ethyl adjacent to an activating group) is 1. The summed E-state index contributed by atoms with van der Waals surface area (Å²) in [5.41, 5.74) is 0.204. The van der Waals surface area contributed by atoms with Crippen molar-refractivity contribution in [3.05, 3.63) is 0 Å². The van der Waals surface area contributed by atoms with E-state index >= 15 is 0 Å². The first kappa shape index (κ1) is 17.5. The predicted molar refractivity (Wildman–Crippen MR) is 88.1 cm³/mol. The van der Waals surface area contributed by atoms with Crippen molar-refractivity contribution in [2.45, 2.75) is 38.3 Å². The normalized spacial score (nSPS) is 24.0. The summed E-state index contributed by atoms with van der Waals surface area (Å²) in [6, 6.07) is 0.0925. The zero-order valence-corrected chi connectivity index (χ0v) is 14.5. The van der Waals surface area contributed by atoms with Crippen molar-refractivity contribution >= 4 is 6.03 Å². The minimum Gasteiger partial charge on any atom is -0.383 e. The highest BCUT2D eigenvalue weighted by Crippen LogP contribution is 2.32. The topological polar surface area (TPSA) is 56.8 Å². The minimum absolute atomic E-state index is 0.0673. The van der Waals surface area contributed by atoms with Gasteiger partial charge in [-0.1, -0.05) is 0 Å². The molecule has 1 saturated carbocycles. The molecule has 1 unspecified atom stereocenters. The molecular weight excluding hydrogens is 280 g/mol. The lowest BCUT2D eigenvalue weighted by atomic mass is 10.00. The van der Waals surface area contributed by atoms with Gasteiger partial charge >= 0.3 is 6.03 Å². The summed E-state index contributed by atoms with van der Waals surface area (Å²) in [6.07, 6.45) is 2.40. The molecule has 2 N–H and O–H groups in total. The van der Waals surface area contributed by atoms with Gasteiger partial charge in [0.1, 0.15) is 0 Å². The predicted octanol–water partition coefficient (Wildman–Crippen LogP) is 0.737. The number of nitrogens with zero attached hydrogens (tertiary/aromatic N) is 2. The number of methoxy groups -OCH3 is 1. The Hall–Kier alpha value is -0.850. The van der Waals surface area contributed by atoms with Gasteiger partial charge in [0, 0.05) is 45.4 Å². The van der Waals surface area contributed by atoms with Crippen LogP contribution in [0.1, 0.15) is 26.7 Å². The Bertz CT molecular complexity index is 371. The van der Waals surface area contributed by atoms with Crippen LogP contribution in [0.4, 0.5) is 4.79 Å². The summed E-state index contributed by atoms with van der Waals surface area (Å²) < 4.78 is 5.18. The first-order valence-electron chi connectivity index (χ1n) is 8.39. The lowest BCUT2D eigenvalue weighted by molar-refractivity contribution is 0.0410. The van der Waals surface area contributed by atoms with Crippen molar-refractivity contribution in [2.24, 2.45) is 5.92 Å². The average Bonchev–Trinajstić information content (AvgIpc) is 3.26. The Morgan fingerprint density at radius 2 is 2.09 bits per heavy atom. The van der Waals surface area contributed by atoms with Crippen molar-refractivity contribution < 1.29 is 9.53 Å². The van der Waals surface area contributed by atoms with Crippen LogP contribution in [0.25, 0.3) is 0 Å². The molecule has 1 aliphatic heterocycles. The van der Waals surface area contributed by atoms with Gasteiger partial charge in [-0.15, -0.1) is 0 Å². The molecule has 6 heteroatoms. The molecular formula is C16H32N4O2. The summed E-state index contributed by atoms with van der Waals surface area (Å²) in [4.78, 5) is 16.8. The van der Waals surface area contributed by atoms with E-state index in [-0.39, 0.29) is 17.6 Å². The Morgan fingerprint density at radius 3 is 2.68 bits per heavy atom. The number of urea groups is 1. The smallest absolute Gasteiger partial charge is 0.315 e. The maximum atomic E-state index is 12.0. The number of carbonyl (C=O) groups is 1. The van der Waals surface area contributed by atoms with Gasteiger partial charge in [-0.2, -0.15) is 0 Å². The lowest BCUT2D eigenvalue weighted by Crippen LogP contribution is -2.58. The van der Waals surface area contributed by atoms with Crippen molar-refractivity contribution in [3.8, 4) is 0 Å². The van der Waals surface area contributed by atoms with E-state index in [2.05, 4.69) is 41.3 Å². The van der Waals surface area contributed by atoms with Gasteiger partial charge in [-0.05, 0) is 39.7 Å². The number of amides is 2. The van der Waals surface area contributed by atoms with E-state index < -0.39 is 0 Å². The summed E-state index contributed by atoms with van der Waals surface area (Å²) in [7, 11) is 3.86. The van der Waals surface area contributed by atoms with E-state index in [1.54, 1.807) is 7.11 Å². The third-order valence-electron chi connectivity index (χ3n) is 4.96. The second kappa shape index (κ2) is 7.62. The van der Waals surface area contributed by atoms with E-state index in [4.69, 9.17) is 4.74 Å². The molecule has 1 saturated heterocycles. The molecule has 2 aliphatic rings. The fourth-order valence-electron chi connectivity index (χ4n) is 3.05. The highest BCUT2D eigenvalue weighted by molar-refractivity contribution is 5.74. The zero-order chi connectivity index (χ0) is 16.2. The van der Waals surface area contributed by atoms with E-state index in [0.29, 0.717) is 19.1 Å². The minimum atomic E-state index is -0.0673. The van der Waals surface area contributed by atoms with E-state index in [9.17, 15) is 4.79 Å². The molecule has 0 radical (unpaired) electrons. The molecule has 0 spiro atoms. The molecule has 2 fully saturated rings. The van der Waals surface area contributed by atoms with Crippen LogP contribution in [0.2, 0.25) is 0 Å². The summed E-state index contributed by atoms with van der Waals surface area (Å²) >= 11 is 0. The number of rotatable bonds is 7. The molecule has 22 heavy (non-hydrogen) atoms. The standard InChI is InChI=1S/C16H32N4O2/c1-16(2)12-20(10-9-19(16)3)8-7-17-15(21)18-14(11-22-4)13-5-6-13/h13-14H,5-12H2,1-4H3,(H2,17,18,21). The third-order valence-corrected chi connectivity index (χ3v) is 4.96. The molecule has 2 amide bonds. The molecule has 0 aromatic carbocycles. The van der Waals surface area contributed by atoms with Crippen LogP contribution in [0, 0.1) is 5.92 Å². The number of ether oxygens (including phenoxy) is 1. The molecule has 0 aromatic rings. The average molecular weight is 312 g/mol. The molecule has 0 bridgehead atoms. The van der Waals surface area contributed by atoms with E-state index in [1.165, 1.54) is 12.8 Å². The second-order valence-electron chi connectivity index (χ2n) is 7.31. The summed E-state index contributed by atoms with van der Waals surface area (Å²) in [5, 5.41) is 6.02. The SMILES string of the molecule is COCC(NC(=O)NCCN1CCN(C)C(C)(C)C1)C1CC1. The van der Waals surface area contributed by atoms with Crippen LogP contribution in [-0.4, -0.2) is 80.9 Å². The fraction of sp³-hybridized carbons (Fsp3) is 0.938. The summed E-state index contributed by atoms with van der Waals surface area (Å²) in [6.45, 7) is 9.92. The van der Waals surface area contributed by atoms with Gasteiger partial charge in [0.25, 0.3) is 0 Å². The van der Waals surface area contributed by atoms with Crippen molar-refractivity contribution in [2.75, 3.05) is 53.5 Å². The number of hydrogen-bond donors (Lipinski definition) is 2. The van der Waals surface area contributed by atoms with Gasteiger partial charge in [0.05, 0.1) is 12.6 Å². The molecule has 0 aromatic heterocycles. The molecule has 1 aliphatic carbocycles. The Kier molecular flexibility index (Phi) is 6.06. The molecule has 1 heterocycles. The van der Waals surface area contributed by atoms with E-state index in [0.717, 1.165) is 26.2 Å². The molecule has 6 nitrogen and oxygen atoms in total. The second-order valence-corrected chi connectivity index (χ2v) is 7.31. The summed E-state index contributed by atoms with van der Waals surface area (Å²) in [5.74, 6) is 0.601. The largest absolute Gasteiger partial charge is 0.383 e. The van der Waals surface area contributed by atoms with Crippen LogP contribution in [0.5, 0.6) is 0 Å². The highest BCUT2D eigenvalue weighted by atomic mass is 16.5. The monoisotopic (exact) mass is 312 g/mol. The van der Waals surface area contributed by atoms with Crippen LogP contribution >= 0.6 is 0 Å². The highest BCUT2D eigenvalue weighted by Gasteiger charge is 2.32. The molecule has 128 valence electrons. The maximum Gasteiger partial charge on any atom is 0.315 e. The fourth-order valence-corrected chi connectivity index (χ4v) is 3.05.